The van der Waals surface area contributed by atoms with Crippen molar-refractivity contribution in [2.24, 2.45) is 5.92 Å². The highest BCUT2D eigenvalue weighted by Gasteiger charge is 2.26. The molecule has 4 nitrogen and oxygen atoms in total. The fourth-order valence-electron chi connectivity index (χ4n) is 2.99. The van der Waals surface area contributed by atoms with Crippen LogP contribution in [-0.4, -0.2) is 19.1 Å². The smallest absolute Gasteiger partial charge is 0.263 e. The number of methoxy groups -OCH3 is 1. The Labute approximate surface area is 128 Å². The first-order valence-electron chi connectivity index (χ1n) is 7.27. The third-order valence-corrected chi connectivity index (χ3v) is 5.49. The fourth-order valence-corrected chi connectivity index (χ4v) is 4.04. The third-order valence-electron chi connectivity index (χ3n) is 4.32. The lowest BCUT2D eigenvalue weighted by Gasteiger charge is -2.16. The van der Waals surface area contributed by atoms with E-state index in [4.69, 9.17) is 10.5 Å². The lowest BCUT2D eigenvalue weighted by atomic mass is 10.1. The van der Waals surface area contributed by atoms with Gasteiger partial charge in [-0.25, -0.2) is 0 Å². The summed E-state index contributed by atoms with van der Waals surface area (Å²) in [5, 5.41) is 4.06. The van der Waals surface area contributed by atoms with Crippen LogP contribution in [0.25, 0.3) is 10.1 Å². The van der Waals surface area contributed by atoms with Gasteiger partial charge in [-0.15, -0.1) is 11.3 Å². The third kappa shape index (κ3) is 2.58. The van der Waals surface area contributed by atoms with Crippen LogP contribution in [0.4, 0.5) is 5.69 Å². The monoisotopic (exact) mass is 304 g/mol. The number of carbonyl (C=O) groups is 1. The molecule has 0 aliphatic heterocycles. The highest BCUT2D eigenvalue weighted by atomic mass is 32.1. The largest absolute Gasteiger partial charge is 0.497 e. The van der Waals surface area contributed by atoms with Gasteiger partial charge in [0.05, 0.1) is 12.8 Å². The SMILES string of the molecule is COc1ccc2c(N)c(C(=O)NC3CCCC3C)sc2c1. The second-order valence-corrected chi connectivity index (χ2v) is 6.75. The molecule has 0 radical (unpaired) electrons. The minimum absolute atomic E-state index is 0.0496. The lowest BCUT2D eigenvalue weighted by molar-refractivity contribution is 0.0934. The Morgan fingerprint density at radius 3 is 2.90 bits per heavy atom. The molecular formula is C16H20N2O2S. The van der Waals surface area contributed by atoms with E-state index >= 15 is 0 Å². The normalized spacial score (nSPS) is 21.6. The molecule has 1 aromatic heterocycles. The molecule has 1 aliphatic carbocycles. The number of anilines is 1. The second-order valence-electron chi connectivity index (χ2n) is 5.70. The van der Waals surface area contributed by atoms with Crippen molar-refractivity contribution < 1.29 is 9.53 Å². The van der Waals surface area contributed by atoms with Gasteiger partial charge in [0.25, 0.3) is 5.91 Å². The molecule has 5 heteroatoms. The Bertz CT molecular complexity index is 680. The van der Waals surface area contributed by atoms with Crippen molar-refractivity contribution in [3.63, 3.8) is 0 Å². The highest BCUT2D eigenvalue weighted by Crippen LogP contribution is 2.36. The van der Waals surface area contributed by atoms with Gasteiger partial charge in [0.15, 0.2) is 0 Å². The van der Waals surface area contributed by atoms with Gasteiger partial charge in [-0.2, -0.15) is 0 Å². The van der Waals surface area contributed by atoms with E-state index in [9.17, 15) is 4.79 Å². The molecule has 1 amide bonds. The first kappa shape index (κ1) is 14.2. The van der Waals surface area contributed by atoms with Crippen LogP contribution in [0.2, 0.25) is 0 Å². The van der Waals surface area contributed by atoms with E-state index in [1.807, 2.05) is 18.2 Å². The van der Waals surface area contributed by atoms with Gasteiger partial charge in [0, 0.05) is 16.1 Å². The van der Waals surface area contributed by atoms with Crippen molar-refractivity contribution in [2.75, 3.05) is 12.8 Å². The van der Waals surface area contributed by atoms with Crippen molar-refractivity contribution in [1.29, 1.82) is 0 Å². The summed E-state index contributed by atoms with van der Waals surface area (Å²) >= 11 is 1.43. The van der Waals surface area contributed by atoms with E-state index in [1.165, 1.54) is 24.2 Å². The molecule has 3 rings (SSSR count). The van der Waals surface area contributed by atoms with Crippen LogP contribution in [0.15, 0.2) is 18.2 Å². The van der Waals surface area contributed by atoms with Gasteiger partial charge in [0.2, 0.25) is 0 Å². The molecule has 2 unspecified atom stereocenters. The van der Waals surface area contributed by atoms with E-state index in [2.05, 4.69) is 12.2 Å². The van der Waals surface area contributed by atoms with Crippen LogP contribution >= 0.6 is 11.3 Å². The summed E-state index contributed by atoms with van der Waals surface area (Å²) in [4.78, 5) is 13.1. The Morgan fingerprint density at radius 1 is 1.43 bits per heavy atom. The van der Waals surface area contributed by atoms with Crippen molar-refractivity contribution >= 4 is 33.0 Å². The fraction of sp³-hybridized carbons (Fsp3) is 0.438. The molecule has 0 bridgehead atoms. The molecule has 0 spiro atoms. The van der Waals surface area contributed by atoms with Crippen LogP contribution < -0.4 is 15.8 Å². The van der Waals surface area contributed by atoms with Crippen LogP contribution in [0.5, 0.6) is 5.75 Å². The molecule has 1 aliphatic rings. The number of carbonyl (C=O) groups excluding carboxylic acids is 1. The molecule has 0 saturated heterocycles. The molecule has 3 N–H and O–H groups in total. The van der Waals surface area contributed by atoms with Crippen molar-refractivity contribution in [3.8, 4) is 5.75 Å². The van der Waals surface area contributed by atoms with E-state index in [0.29, 0.717) is 16.5 Å². The van der Waals surface area contributed by atoms with Crippen molar-refractivity contribution in [2.45, 2.75) is 32.2 Å². The quantitative estimate of drug-likeness (QED) is 0.913. The zero-order valence-corrected chi connectivity index (χ0v) is 13.1. The summed E-state index contributed by atoms with van der Waals surface area (Å²) in [5.41, 5.74) is 6.72. The van der Waals surface area contributed by atoms with Gasteiger partial charge >= 0.3 is 0 Å². The maximum atomic E-state index is 12.5. The van der Waals surface area contributed by atoms with Gasteiger partial charge in [-0.3, -0.25) is 4.79 Å². The van der Waals surface area contributed by atoms with Gasteiger partial charge in [0.1, 0.15) is 10.6 Å². The van der Waals surface area contributed by atoms with Crippen LogP contribution in [0.1, 0.15) is 35.9 Å². The molecule has 2 aromatic rings. The van der Waals surface area contributed by atoms with Crippen molar-refractivity contribution in [1.82, 2.24) is 5.32 Å². The molecule has 1 heterocycles. The molecule has 1 fully saturated rings. The Hall–Kier alpha value is -1.75. The topological polar surface area (TPSA) is 64.3 Å². The Balaban J connectivity index is 1.89. The summed E-state index contributed by atoms with van der Waals surface area (Å²) in [6.07, 6.45) is 3.43. The number of hydrogen-bond donors (Lipinski definition) is 2. The number of hydrogen-bond acceptors (Lipinski definition) is 4. The van der Waals surface area contributed by atoms with E-state index < -0.39 is 0 Å². The summed E-state index contributed by atoms with van der Waals surface area (Å²) in [5.74, 6) is 1.27. The first-order valence-corrected chi connectivity index (χ1v) is 8.08. The van der Waals surface area contributed by atoms with E-state index in [0.717, 1.165) is 22.3 Å². The second kappa shape index (κ2) is 5.56. The molecule has 1 saturated carbocycles. The number of rotatable bonds is 3. The number of thiophene rings is 1. The van der Waals surface area contributed by atoms with Gasteiger partial charge < -0.3 is 15.8 Å². The standard InChI is InChI=1S/C16H20N2O2S/c1-9-4-3-5-12(9)18-16(19)15-14(17)11-7-6-10(20-2)8-13(11)21-15/h6-9,12H,3-5,17H2,1-2H3,(H,18,19). The Kier molecular flexibility index (Phi) is 3.76. The van der Waals surface area contributed by atoms with Crippen molar-refractivity contribution in [3.05, 3.63) is 23.1 Å². The molecule has 21 heavy (non-hydrogen) atoms. The summed E-state index contributed by atoms with van der Waals surface area (Å²) in [6.45, 7) is 2.19. The first-order chi connectivity index (χ1) is 10.1. The summed E-state index contributed by atoms with van der Waals surface area (Å²) < 4.78 is 6.20. The number of fused-ring (bicyclic) bond motifs is 1. The average molecular weight is 304 g/mol. The highest BCUT2D eigenvalue weighted by molar-refractivity contribution is 7.21. The van der Waals surface area contributed by atoms with Gasteiger partial charge in [-0.05, 0) is 37.0 Å². The zero-order chi connectivity index (χ0) is 15.0. The number of nitrogens with two attached hydrogens (primary N) is 1. The Morgan fingerprint density at radius 2 is 2.24 bits per heavy atom. The summed E-state index contributed by atoms with van der Waals surface area (Å²) in [7, 11) is 1.63. The maximum Gasteiger partial charge on any atom is 0.263 e. The van der Waals surface area contributed by atoms with E-state index in [-0.39, 0.29) is 11.9 Å². The minimum atomic E-state index is -0.0496. The predicted molar refractivity (Wildman–Crippen MR) is 87.1 cm³/mol. The zero-order valence-electron chi connectivity index (χ0n) is 12.3. The van der Waals surface area contributed by atoms with E-state index in [1.54, 1.807) is 7.11 Å². The van der Waals surface area contributed by atoms with Crippen LogP contribution in [0.3, 0.4) is 0 Å². The molecule has 1 aromatic carbocycles. The summed E-state index contributed by atoms with van der Waals surface area (Å²) in [6, 6.07) is 5.98. The number of nitrogen functional groups attached to an aromatic ring is 1. The molecular weight excluding hydrogens is 284 g/mol. The van der Waals surface area contributed by atoms with Crippen LogP contribution in [-0.2, 0) is 0 Å². The molecule has 112 valence electrons. The predicted octanol–water partition coefficient (Wildman–Crippen LogP) is 3.41. The molecule has 2 atom stereocenters. The average Bonchev–Trinajstić information content (AvgIpc) is 3.03. The minimum Gasteiger partial charge on any atom is -0.497 e. The number of amides is 1. The maximum absolute atomic E-state index is 12.5. The number of benzene rings is 1. The van der Waals surface area contributed by atoms with Gasteiger partial charge in [-0.1, -0.05) is 13.3 Å². The number of nitrogens with one attached hydrogen (secondary N) is 1. The van der Waals surface area contributed by atoms with Crippen LogP contribution in [0, 0.1) is 5.92 Å². The lowest BCUT2D eigenvalue weighted by Crippen LogP contribution is -2.36. The number of ether oxygens (including phenoxy) is 1.